The van der Waals surface area contributed by atoms with E-state index in [0.29, 0.717) is 0 Å². The molecule has 0 saturated heterocycles. The normalized spacial score (nSPS) is 12.3. The van der Waals surface area contributed by atoms with Gasteiger partial charge in [0, 0.05) is 37.0 Å². The molecule has 0 aliphatic rings. The van der Waals surface area contributed by atoms with E-state index in [1.807, 2.05) is 19.1 Å². The van der Waals surface area contributed by atoms with Gasteiger partial charge in [-0.3, -0.25) is 0 Å². The number of hydrogen-bond acceptors (Lipinski definition) is 4. The van der Waals surface area contributed by atoms with Gasteiger partial charge in [0.05, 0.1) is 7.11 Å². The molecule has 0 heterocycles. The zero-order valence-electron chi connectivity index (χ0n) is 11.5. The van der Waals surface area contributed by atoms with Crippen LogP contribution >= 0.6 is 0 Å². The summed E-state index contributed by atoms with van der Waals surface area (Å²) in [5.41, 5.74) is 8.18. The van der Waals surface area contributed by atoms with Crippen molar-refractivity contribution >= 4 is 5.69 Å². The molecule has 4 nitrogen and oxygen atoms in total. The van der Waals surface area contributed by atoms with Gasteiger partial charge in [0.25, 0.3) is 0 Å². The predicted octanol–water partition coefficient (Wildman–Crippen LogP) is 1.92. The molecule has 1 atom stereocenters. The number of anilines is 1. The van der Waals surface area contributed by atoms with E-state index in [0.717, 1.165) is 36.5 Å². The van der Waals surface area contributed by atoms with Gasteiger partial charge in [0.2, 0.25) is 0 Å². The van der Waals surface area contributed by atoms with E-state index in [2.05, 4.69) is 17.9 Å². The second-order valence-electron chi connectivity index (χ2n) is 4.34. The van der Waals surface area contributed by atoms with Gasteiger partial charge >= 0.3 is 0 Å². The van der Waals surface area contributed by atoms with E-state index in [-0.39, 0.29) is 12.6 Å². The van der Waals surface area contributed by atoms with Gasteiger partial charge in [-0.05, 0) is 32.4 Å². The quantitative estimate of drug-likeness (QED) is 0.778. The van der Waals surface area contributed by atoms with Gasteiger partial charge < -0.3 is 20.5 Å². The highest BCUT2D eigenvalue weighted by Crippen LogP contribution is 2.33. The van der Waals surface area contributed by atoms with E-state index >= 15 is 0 Å². The van der Waals surface area contributed by atoms with E-state index in [4.69, 9.17) is 15.6 Å². The number of methoxy groups -OCH3 is 1. The first-order valence-corrected chi connectivity index (χ1v) is 6.44. The Morgan fingerprint density at radius 3 is 2.67 bits per heavy atom. The first-order chi connectivity index (χ1) is 8.65. The maximum Gasteiger partial charge on any atom is 0.125 e. The fraction of sp³-hybridized carbons (Fsp3) is 0.571. The number of benzene rings is 1. The molecule has 18 heavy (non-hydrogen) atoms. The average molecular weight is 252 g/mol. The number of ether oxygens (including phenoxy) is 1. The Morgan fingerprint density at radius 1 is 1.44 bits per heavy atom. The summed E-state index contributed by atoms with van der Waals surface area (Å²) in [6, 6.07) is 5.88. The summed E-state index contributed by atoms with van der Waals surface area (Å²) in [4.78, 5) is 2.22. The number of aliphatic hydroxyl groups excluding tert-OH is 1. The highest BCUT2D eigenvalue weighted by molar-refractivity contribution is 5.60. The third kappa shape index (κ3) is 3.37. The van der Waals surface area contributed by atoms with Crippen molar-refractivity contribution in [1.82, 2.24) is 0 Å². The molecule has 0 fully saturated rings. The molecule has 1 rings (SSSR count). The van der Waals surface area contributed by atoms with Crippen LogP contribution in [0.2, 0.25) is 0 Å². The lowest BCUT2D eigenvalue weighted by atomic mass is 10.0. The SMILES string of the molecule is CCN(CCCO)c1cccc(OC)c1C(C)N. The molecule has 0 radical (unpaired) electrons. The van der Waals surface area contributed by atoms with Crippen LogP contribution in [0.3, 0.4) is 0 Å². The molecule has 102 valence electrons. The zero-order valence-corrected chi connectivity index (χ0v) is 11.5. The number of aliphatic hydroxyl groups is 1. The Morgan fingerprint density at radius 2 is 2.17 bits per heavy atom. The van der Waals surface area contributed by atoms with Crippen LogP contribution in [0.15, 0.2) is 18.2 Å². The Balaban J connectivity index is 3.12. The lowest BCUT2D eigenvalue weighted by molar-refractivity contribution is 0.289. The van der Waals surface area contributed by atoms with Crippen molar-refractivity contribution in [3.63, 3.8) is 0 Å². The second-order valence-corrected chi connectivity index (χ2v) is 4.34. The van der Waals surface area contributed by atoms with Crippen molar-refractivity contribution in [1.29, 1.82) is 0 Å². The van der Waals surface area contributed by atoms with Crippen LogP contribution in [-0.2, 0) is 0 Å². The van der Waals surface area contributed by atoms with Crippen LogP contribution in [0.5, 0.6) is 5.75 Å². The van der Waals surface area contributed by atoms with E-state index in [1.54, 1.807) is 7.11 Å². The summed E-state index contributed by atoms with van der Waals surface area (Å²) in [7, 11) is 1.66. The van der Waals surface area contributed by atoms with Crippen molar-refractivity contribution in [2.75, 3.05) is 31.7 Å². The van der Waals surface area contributed by atoms with Crippen molar-refractivity contribution < 1.29 is 9.84 Å². The summed E-state index contributed by atoms with van der Waals surface area (Å²) in [6.45, 7) is 5.96. The maximum absolute atomic E-state index is 8.96. The van der Waals surface area contributed by atoms with E-state index in [9.17, 15) is 0 Å². The highest BCUT2D eigenvalue weighted by atomic mass is 16.5. The molecule has 1 aromatic carbocycles. The zero-order chi connectivity index (χ0) is 13.5. The van der Waals surface area contributed by atoms with Crippen molar-refractivity contribution in [2.24, 2.45) is 5.73 Å². The fourth-order valence-corrected chi connectivity index (χ4v) is 2.15. The fourth-order valence-electron chi connectivity index (χ4n) is 2.15. The monoisotopic (exact) mass is 252 g/mol. The molecule has 0 amide bonds. The molecule has 0 saturated carbocycles. The average Bonchev–Trinajstić information content (AvgIpc) is 2.38. The number of hydrogen-bond donors (Lipinski definition) is 2. The van der Waals surface area contributed by atoms with Gasteiger partial charge in [0.15, 0.2) is 0 Å². The molecule has 0 aliphatic heterocycles. The van der Waals surface area contributed by atoms with E-state index in [1.165, 1.54) is 0 Å². The molecule has 3 N–H and O–H groups in total. The highest BCUT2D eigenvalue weighted by Gasteiger charge is 2.16. The Hall–Kier alpha value is -1.26. The van der Waals surface area contributed by atoms with Crippen LogP contribution in [0.25, 0.3) is 0 Å². The second kappa shape index (κ2) is 7.24. The summed E-state index contributed by atoms with van der Waals surface area (Å²) in [5.74, 6) is 0.824. The van der Waals surface area contributed by atoms with Crippen LogP contribution in [0.4, 0.5) is 5.69 Å². The number of nitrogens with two attached hydrogens (primary N) is 1. The first kappa shape index (κ1) is 14.8. The van der Waals surface area contributed by atoms with Gasteiger partial charge in [-0.2, -0.15) is 0 Å². The van der Waals surface area contributed by atoms with Crippen LogP contribution in [-0.4, -0.2) is 31.9 Å². The minimum atomic E-state index is -0.0840. The summed E-state index contributed by atoms with van der Waals surface area (Å²) < 4.78 is 5.39. The Bertz CT molecular complexity index is 367. The minimum Gasteiger partial charge on any atom is -0.496 e. The van der Waals surface area contributed by atoms with Crippen LogP contribution in [0.1, 0.15) is 31.9 Å². The Kier molecular flexibility index (Phi) is 5.95. The predicted molar refractivity (Wildman–Crippen MR) is 75.2 cm³/mol. The van der Waals surface area contributed by atoms with Gasteiger partial charge in [0.1, 0.15) is 5.75 Å². The first-order valence-electron chi connectivity index (χ1n) is 6.44. The van der Waals surface area contributed by atoms with Crippen molar-refractivity contribution in [3.8, 4) is 5.75 Å². The maximum atomic E-state index is 8.96. The minimum absolute atomic E-state index is 0.0840. The van der Waals surface area contributed by atoms with Crippen LogP contribution < -0.4 is 15.4 Å². The molecular weight excluding hydrogens is 228 g/mol. The number of rotatable bonds is 7. The van der Waals surface area contributed by atoms with Crippen LogP contribution in [0, 0.1) is 0 Å². The largest absolute Gasteiger partial charge is 0.496 e. The molecule has 0 aromatic heterocycles. The lowest BCUT2D eigenvalue weighted by Gasteiger charge is -2.28. The topological polar surface area (TPSA) is 58.7 Å². The van der Waals surface area contributed by atoms with Gasteiger partial charge in [-0.25, -0.2) is 0 Å². The molecule has 1 unspecified atom stereocenters. The third-order valence-corrected chi connectivity index (χ3v) is 3.03. The van der Waals surface area contributed by atoms with Crippen molar-refractivity contribution in [2.45, 2.75) is 26.3 Å². The summed E-state index contributed by atoms with van der Waals surface area (Å²) in [6.07, 6.45) is 0.753. The summed E-state index contributed by atoms with van der Waals surface area (Å²) >= 11 is 0. The van der Waals surface area contributed by atoms with Gasteiger partial charge in [-0.1, -0.05) is 6.07 Å². The number of nitrogens with zero attached hydrogens (tertiary/aromatic N) is 1. The summed E-state index contributed by atoms with van der Waals surface area (Å²) in [5, 5.41) is 8.96. The van der Waals surface area contributed by atoms with Crippen molar-refractivity contribution in [3.05, 3.63) is 23.8 Å². The molecule has 1 aromatic rings. The van der Waals surface area contributed by atoms with E-state index < -0.39 is 0 Å². The molecule has 0 spiro atoms. The molecule has 0 bridgehead atoms. The molecule has 4 heteroatoms. The lowest BCUT2D eigenvalue weighted by Crippen LogP contribution is -2.27. The molecular formula is C14H24N2O2. The van der Waals surface area contributed by atoms with Gasteiger partial charge in [-0.15, -0.1) is 0 Å². The molecule has 0 aliphatic carbocycles. The Labute approximate surface area is 109 Å². The third-order valence-electron chi connectivity index (χ3n) is 3.03. The smallest absolute Gasteiger partial charge is 0.125 e. The standard InChI is InChI=1S/C14H24N2O2/c1-4-16(9-6-10-17)12-7-5-8-13(18-3)14(12)11(2)15/h5,7-8,11,17H,4,6,9-10,15H2,1-3H3.